The Morgan fingerprint density at radius 2 is 2.20 bits per heavy atom. The van der Waals surface area contributed by atoms with Crippen molar-refractivity contribution in [3.05, 3.63) is 0 Å². The van der Waals surface area contributed by atoms with E-state index >= 15 is 0 Å². The third-order valence-electron chi connectivity index (χ3n) is 0.963. The molecule has 0 bridgehead atoms. The SMILES string of the molecule is CSC(N)CCS(=O)(=O)O. The van der Waals surface area contributed by atoms with E-state index in [1.165, 1.54) is 11.8 Å². The van der Waals surface area contributed by atoms with Crippen molar-refractivity contribution < 1.29 is 13.0 Å². The minimum absolute atomic E-state index is 0.207. The molecule has 4 nitrogen and oxygen atoms in total. The number of nitrogens with two attached hydrogens (primary N) is 1. The zero-order valence-electron chi connectivity index (χ0n) is 5.65. The second-order valence-electron chi connectivity index (χ2n) is 1.85. The van der Waals surface area contributed by atoms with Crippen molar-refractivity contribution in [2.45, 2.75) is 11.8 Å². The molecular formula is C4H11NO3S2. The number of hydrogen-bond acceptors (Lipinski definition) is 4. The van der Waals surface area contributed by atoms with Crippen LogP contribution in [-0.2, 0) is 10.1 Å². The molecule has 1 unspecified atom stereocenters. The van der Waals surface area contributed by atoms with Crippen LogP contribution in [0.2, 0.25) is 0 Å². The van der Waals surface area contributed by atoms with E-state index in [-0.39, 0.29) is 11.1 Å². The van der Waals surface area contributed by atoms with Gasteiger partial charge in [0, 0.05) is 0 Å². The van der Waals surface area contributed by atoms with E-state index < -0.39 is 10.1 Å². The van der Waals surface area contributed by atoms with Crippen molar-refractivity contribution in [3.63, 3.8) is 0 Å². The summed E-state index contributed by atoms with van der Waals surface area (Å²) in [6.07, 6.45) is 2.08. The fourth-order valence-electron chi connectivity index (χ4n) is 0.383. The third kappa shape index (κ3) is 6.34. The second kappa shape index (κ2) is 4.17. The van der Waals surface area contributed by atoms with Gasteiger partial charge in [0.05, 0.1) is 11.1 Å². The highest BCUT2D eigenvalue weighted by Crippen LogP contribution is 2.04. The zero-order chi connectivity index (χ0) is 8.20. The summed E-state index contributed by atoms with van der Waals surface area (Å²) in [7, 11) is -3.82. The predicted octanol–water partition coefficient (Wildman–Crippen LogP) is -0.0879. The molecule has 10 heavy (non-hydrogen) atoms. The molecule has 0 aliphatic heterocycles. The Morgan fingerprint density at radius 1 is 1.70 bits per heavy atom. The fraction of sp³-hybridized carbons (Fsp3) is 1.00. The lowest BCUT2D eigenvalue weighted by molar-refractivity contribution is 0.480. The summed E-state index contributed by atoms with van der Waals surface area (Å²) >= 11 is 1.37. The highest BCUT2D eigenvalue weighted by molar-refractivity contribution is 7.99. The maximum atomic E-state index is 10.1. The lowest BCUT2D eigenvalue weighted by Crippen LogP contribution is -2.19. The first-order chi connectivity index (χ1) is 4.45. The van der Waals surface area contributed by atoms with Crippen molar-refractivity contribution in [2.24, 2.45) is 5.73 Å². The van der Waals surface area contributed by atoms with E-state index in [1.54, 1.807) is 6.26 Å². The van der Waals surface area contributed by atoms with Crippen molar-refractivity contribution in [3.8, 4) is 0 Å². The van der Waals surface area contributed by atoms with Gasteiger partial charge in [-0.15, -0.1) is 11.8 Å². The second-order valence-corrected chi connectivity index (χ2v) is 4.50. The molecule has 0 spiro atoms. The first-order valence-corrected chi connectivity index (χ1v) is 5.59. The molecule has 0 aromatic rings. The van der Waals surface area contributed by atoms with Crippen molar-refractivity contribution in [1.29, 1.82) is 0 Å². The summed E-state index contributed by atoms with van der Waals surface area (Å²) < 4.78 is 28.6. The van der Waals surface area contributed by atoms with E-state index in [1.807, 2.05) is 0 Å². The van der Waals surface area contributed by atoms with Gasteiger partial charge in [-0.25, -0.2) is 0 Å². The highest BCUT2D eigenvalue weighted by Gasteiger charge is 2.07. The van der Waals surface area contributed by atoms with Gasteiger partial charge < -0.3 is 5.73 Å². The molecule has 0 rings (SSSR count). The van der Waals surface area contributed by atoms with Gasteiger partial charge in [0.15, 0.2) is 0 Å². The quantitative estimate of drug-likeness (QED) is 0.472. The Hall–Kier alpha value is 0.220. The topological polar surface area (TPSA) is 80.4 Å². The van der Waals surface area contributed by atoms with Gasteiger partial charge in [-0.3, -0.25) is 4.55 Å². The lowest BCUT2D eigenvalue weighted by Gasteiger charge is -2.04. The van der Waals surface area contributed by atoms with Crippen LogP contribution < -0.4 is 5.73 Å². The van der Waals surface area contributed by atoms with Crippen LogP contribution in [0, 0.1) is 0 Å². The molecular weight excluding hydrogens is 174 g/mol. The van der Waals surface area contributed by atoms with Crippen LogP contribution in [0.25, 0.3) is 0 Å². The van der Waals surface area contributed by atoms with Gasteiger partial charge in [-0.2, -0.15) is 8.42 Å². The van der Waals surface area contributed by atoms with Crippen LogP contribution in [0.1, 0.15) is 6.42 Å². The smallest absolute Gasteiger partial charge is 0.264 e. The summed E-state index contributed by atoms with van der Waals surface area (Å²) in [5, 5.41) is -0.207. The molecule has 0 radical (unpaired) electrons. The van der Waals surface area contributed by atoms with Crippen LogP contribution in [0.5, 0.6) is 0 Å². The van der Waals surface area contributed by atoms with Gasteiger partial charge in [0.25, 0.3) is 10.1 Å². The molecule has 0 aromatic carbocycles. The summed E-state index contributed by atoms with van der Waals surface area (Å²) in [6.45, 7) is 0. The van der Waals surface area contributed by atoms with Gasteiger partial charge in [-0.1, -0.05) is 0 Å². The van der Waals surface area contributed by atoms with Crippen molar-refractivity contribution in [2.75, 3.05) is 12.0 Å². The van der Waals surface area contributed by atoms with Crippen LogP contribution in [0.3, 0.4) is 0 Å². The standard InChI is InChI=1S/C4H11NO3S2/c1-9-4(5)2-3-10(6,7)8/h4H,2-3,5H2,1H3,(H,6,7,8). The Kier molecular flexibility index (Phi) is 4.26. The Balaban J connectivity index is 3.56. The summed E-state index contributed by atoms with van der Waals surface area (Å²) in [6, 6.07) is 0. The molecule has 3 N–H and O–H groups in total. The fourth-order valence-corrected chi connectivity index (χ4v) is 1.44. The molecule has 62 valence electrons. The van der Waals surface area contributed by atoms with E-state index in [0.717, 1.165) is 0 Å². The molecule has 0 heterocycles. The lowest BCUT2D eigenvalue weighted by atomic mass is 10.5. The number of hydrogen-bond donors (Lipinski definition) is 2. The molecule has 1 atom stereocenters. The Morgan fingerprint density at radius 3 is 2.50 bits per heavy atom. The normalized spacial score (nSPS) is 15.1. The Labute approximate surface area is 64.9 Å². The highest BCUT2D eigenvalue weighted by atomic mass is 32.2. The van der Waals surface area contributed by atoms with Gasteiger partial charge in [-0.05, 0) is 12.7 Å². The summed E-state index contributed by atoms with van der Waals surface area (Å²) in [5.41, 5.74) is 5.37. The van der Waals surface area contributed by atoms with Crippen LogP contribution in [-0.4, -0.2) is 30.4 Å². The van der Waals surface area contributed by atoms with Gasteiger partial charge in [0.2, 0.25) is 0 Å². The molecule has 0 fully saturated rings. The van der Waals surface area contributed by atoms with Gasteiger partial charge >= 0.3 is 0 Å². The number of thioether (sulfide) groups is 1. The maximum Gasteiger partial charge on any atom is 0.264 e. The summed E-state index contributed by atoms with van der Waals surface area (Å²) in [5.74, 6) is -0.255. The zero-order valence-corrected chi connectivity index (χ0v) is 7.28. The van der Waals surface area contributed by atoms with E-state index in [9.17, 15) is 8.42 Å². The van der Waals surface area contributed by atoms with E-state index in [2.05, 4.69) is 0 Å². The molecule has 0 saturated heterocycles. The molecule has 0 amide bonds. The Bertz CT molecular complexity index is 177. The summed E-state index contributed by atoms with van der Waals surface area (Å²) in [4.78, 5) is 0. The average Bonchev–Trinajstić information content (AvgIpc) is 1.81. The third-order valence-corrected chi connectivity index (χ3v) is 2.56. The maximum absolute atomic E-state index is 10.1. The molecule has 0 saturated carbocycles. The molecule has 0 aliphatic rings. The van der Waals surface area contributed by atoms with Crippen LogP contribution >= 0.6 is 11.8 Å². The largest absolute Gasteiger partial charge is 0.319 e. The minimum atomic E-state index is -3.82. The minimum Gasteiger partial charge on any atom is -0.319 e. The van der Waals surface area contributed by atoms with E-state index in [4.69, 9.17) is 10.3 Å². The number of rotatable bonds is 4. The molecule has 0 aromatic heterocycles. The predicted molar refractivity (Wildman–Crippen MR) is 42.5 cm³/mol. The molecule has 6 heteroatoms. The van der Waals surface area contributed by atoms with Crippen molar-refractivity contribution in [1.82, 2.24) is 0 Å². The van der Waals surface area contributed by atoms with Gasteiger partial charge in [0.1, 0.15) is 0 Å². The van der Waals surface area contributed by atoms with Crippen LogP contribution in [0.15, 0.2) is 0 Å². The first-order valence-electron chi connectivity index (χ1n) is 2.69. The molecule has 0 aliphatic carbocycles. The first kappa shape index (κ1) is 10.2. The van der Waals surface area contributed by atoms with Crippen LogP contribution in [0.4, 0.5) is 0 Å². The van der Waals surface area contributed by atoms with E-state index in [0.29, 0.717) is 6.42 Å². The average molecular weight is 185 g/mol. The monoisotopic (exact) mass is 185 g/mol. The van der Waals surface area contributed by atoms with Crippen molar-refractivity contribution >= 4 is 21.9 Å².